The fourth-order valence-electron chi connectivity index (χ4n) is 2.21. The van der Waals surface area contributed by atoms with Gasteiger partial charge in [-0.2, -0.15) is 0 Å². The van der Waals surface area contributed by atoms with Gasteiger partial charge in [-0.1, -0.05) is 0 Å². The monoisotopic (exact) mass is 184 g/mol. The average Bonchev–Trinajstić information content (AvgIpc) is 2.50. The molecule has 0 heterocycles. The first-order valence-corrected chi connectivity index (χ1v) is 4.94. The molecule has 0 saturated heterocycles. The van der Waals surface area contributed by atoms with E-state index in [2.05, 4.69) is 19.0 Å². The summed E-state index contributed by atoms with van der Waals surface area (Å²) >= 11 is 0. The minimum Gasteiger partial charge on any atom is -0.341 e. The van der Waals surface area contributed by atoms with E-state index in [1.54, 1.807) is 6.92 Å². The van der Waals surface area contributed by atoms with Crippen LogP contribution in [0.1, 0.15) is 26.2 Å². The first-order chi connectivity index (χ1) is 6.04. The Hall–Kier alpha value is -0.570. The Kier molecular flexibility index (Phi) is 3.31. The molecule has 0 aromatic carbocycles. The lowest BCUT2D eigenvalue weighted by atomic mass is 10.1. The van der Waals surface area contributed by atoms with Crippen LogP contribution in [0, 0.1) is 0 Å². The zero-order chi connectivity index (χ0) is 10.0. The molecule has 0 unspecified atom stereocenters. The molecule has 1 amide bonds. The van der Waals surface area contributed by atoms with Gasteiger partial charge < -0.3 is 9.80 Å². The van der Waals surface area contributed by atoms with Crippen LogP contribution in [0.4, 0.5) is 0 Å². The molecule has 0 N–H and O–H groups in total. The molecule has 0 aromatic heterocycles. The first-order valence-electron chi connectivity index (χ1n) is 4.94. The van der Waals surface area contributed by atoms with Crippen LogP contribution in [-0.4, -0.2) is 48.9 Å². The lowest BCUT2D eigenvalue weighted by Crippen LogP contribution is -2.46. The highest BCUT2D eigenvalue weighted by Gasteiger charge is 2.32. The lowest BCUT2D eigenvalue weighted by Gasteiger charge is -2.32. The SMILES string of the molecule is CC(=O)N(C)[C@@H]1CCC[C@@H]1N(C)C. The summed E-state index contributed by atoms with van der Waals surface area (Å²) in [5, 5.41) is 0. The summed E-state index contributed by atoms with van der Waals surface area (Å²) in [4.78, 5) is 15.3. The maximum atomic E-state index is 11.2. The minimum atomic E-state index is 0.179. The molecule has 3 nitrogen and oxygen atoms in total. The van der Waals surface area contributed by atoms with Gasteiger partial charge in [0.25, 0.3) is 0 Å². The van der Waals surface area contributed by atoms with Crippen LogP contribution in [0.2, 0.25) is 0 Å². The van der Waals surface area contributed by atoms with Crippen LogP contribution in [0.5, 0.6) is 0 Å². The van der Waals surface area contributed by atoms with E-state index >= 15 is 0 Å². The van der Waals surface area contributed by atoms with Gasteiger partial charge >= 0.3 is 0 Å². The second-order valence-corrected chi connectivity index (χ2v) is 4.16. The molecule has 0 spiro atoms. The van der Waals surface area contributed by atoms with Crippen molar-refractivity contribution >= 4 is 5.91 Å². The number of hydrogen-bond acceptors (Lipinski definition) is 2. The predicted molar refractivity (Wildman–Crippen MR) is 53.6 cm³/mol. The summed E-state index contributed by atoms with van der Waals surface area (Å²) in [5.74, 6) is 0.179. The molecule has 1 aliphatic rings. The quantitative estimate of drug-likeness (QED) is 0.638. The van der Waals surface area contributed by atoms with Crippen LogP contribution in [0.3, 0.4) is 0 Å². The van der Waals surface area contributed by atoms with Crippen molar-refractivity contribution in [1.29, 1.82) is 0 Å². The third-order valence-electron chi connectivity index (χ3n) is 3.10. The predicted octanol–water partition coefficient (Wildman–Crippen LogP) is 0.947. The van der Waals surface area contributed by atoms with Crippen molar-refractivity contribution in [3.8, 4) is 0 Å². The van der Waals surface area contributed by atoms with E-state index in [-0.39, 0.29) is 5.91 Å². The summed E-state index contributed by atoms with van der Waals surface area (Å²) in [7, 11) is 6.10. The fourth-order valence-corrected chi connectivity index (χ4v) is 2.21. The summed E-state index contributed by atoms with van der Waals surface area (Å²) in [6, 6.07) is 0.974. The van der Waals surface area contributed by atoms with E-state index in [0.717, 1.165) is 6.42 Å². The fraction of sp³-hybridized carbons (Fsp3) is 0.900. The van der Waals surface area contributed by atoms with E-state index in [1.807, 2.05) is 11.9 Å². The molecule has 13 heavy (non-hydrogen) atoms. The van der Waals surface area contributed by atoms with E-state index < -0.39 is 0 Å². The van der Waals surface area contributed by atoms with Crippen LogP contribution in [0.25, 0.3) is 0 Å². The van der Waals surface area contributed by atoms with E-state index in [9.17, 15) is 4.79 Å². The van der Waals surface area contributed by atoms with E-state index in [0.29, 0.717) is 12.1 Å². The molecule has 0 aliphatic heterocycles. The van der Waals surface area contributed by atoms with E-state index in [4.69, 9.17) is 0 Å². The van der Waals surface area contributed by atoms with Gasteiger partial charge in [-0.05, 0) is 33.4 Å². The molecular formula is C10H20N2O. The van der Waals surface area contributed by atoms with Gasteiger partial charge in [0.2, 0.25) is 5.91 Å². The Morgan fingerprint density at radius 2 is 1.69 bits per heavy atom. The molecular weight excluding hydrogens is 164 g/mol. The molecule has 1 saturated carbocycles. The molecule has 1 rings (SSSR count). The van der Waals surface area contributed by atoms with Gasteiger partial charge in [-0.15, -0.1) is 0 Å². The van der Waals surface area contributed by atoms with Crippen molar-refractivity contribution in [1.82, 2.24) is 9.80 Å². The molecule has 76 valence electrons. The highest BCUT2D eigenvalue weighted by molar-refractivity contribution is 5.73. The molecule has 0 radical (unpaired) electrons. The van der Waals surface area contributed by atoms with Crippen molar-refractivity contribution < 1.29 is 4.79 Å². The van der Waals surface area contributed by atoms with Crippen molar-refractivity contribution in [3.63, 3.8) is 0 Å². The van der Waals surface area contributed by atoms with Crippen molar-refractivity contribution in [2.45, 2.75) is 38.3 Å². The van der Waals surface area contributed by atoms with Gasteiger partial charge in [0.1, 0.15) is 0 Å². The number of hydrogen-bond donors (Lipinski definition) is 0. The highest BCUT2D eigenvalue weighted by atomic mass is 16.2. The van der Waals surface area contributed by atoms with Crippen LogP contribution >= 0.6 is 0 Å². The van der Waals surface area contributed by atoms with Crippen LogP contribution < -0.4 is 0 Å². The number of carbonyl (C=O) groups is 1. The van der Waals surface area contributed by atoms with Crippen LogP contribution in [-0.2, 0) is 4.79 Å². The van der Waals surface area contributed by atoms with Gasteiger partial charge in [0.05, 0.1) is 0 Å². The third kappa shape index (κ3) is 2.21. The number of amides is 1. The Labute approximate surface area is 80.7 Å². The van der Waals surface area contributed by atoms with Gasteiger partial charge in [-0.25, -0.2) is 0 Å². The summed E-state index contributed by atoms with van der Waals surface area (Å²) in [5.41, 5.74) is 0. The smallest absolute Gasteiger partial charge is 0.219 e. The number of carbonyl (C=O) groups excluding carboxylic acids is 1. The molecule has 1 fully saturated rings. The van der Waals surface area contributed by atoms with Gasteiger partial charge in [0.15, 0.2) is 0 Å². The Balaban J connectivity index is 2.62. The summed E-state index contributed by atoms with van der Waals surface area (Å²) in [6.07, 6.45) is 3.61. The normalized spacial score (nSPS) is 28.1. The minimum absolute atomic E-state index is 0.179. The topological polar surface area (TPSA) is 23.6 Å². The number of nitrogens with zero attached hydrogens (tertiary/aromatic N) is 2. The van der Waals surface area contributed by atoms with Gasteiger partial charge in [-0.3, -0.25) is 4.79 Å². The second kappa shape index (κ2) is 4.09. The summed E-state index contributed by atoms with van der Waals surface area (Å²) in [6.45, 7) is 1.64. The van der Waals surface area contributed by atoms with Gasteiger partial charge in [0, 0.05) is 26.1 Å². The summed E-state index contributed by atoms with van der Waals surface area (Å²) < 4.78 is 0. The molecule has 3 heteroatoms. The van der Waals surface area contributed by atoms with Crippen molar-refractivity contribution in [2.24, 2.45) is 0 Å². The second-order valence-electron chi connectivity index (χ2n) is 4.16. The number of rotatable bonds is 2. The van der Waals surface area contributed by atoms with E-state index in [1.165, 1.54) is 12.8 Å². The standard InChI is InChI=1S/C10H20N2O/c1-8(13)12(4)10-7-5-6-9(10)11(2)3/h9-10H,5-7H2,1-4H3/t9-,10+/m0/s1. The molecule has 1 aliphatic carbocycles. The van der Waals surface area contributed by atoms with Crippen molar-refractivity contribution in [3.05, 3.63) is 0 Å². The van der Waals surface area contributed by atoms with Crippen molar-refractivity contribution in [2.75, 3.05) is 21.1 Å². The first kappa shape index (κ1) is 10.5. The zero-order valence-electron chi connectivity index (χ0n) is 9.08. The zero-order valence-corrected chi connectivity index (χ0v) is 9.08. The number of likely N-dealkylation sites (N-methyl/N-ethyl adjacent to an activating group) is 2. The largest absolute Gasteiger partial charge is 0.341 e. The Morgan fingerprint density at radius 1 is 1.15 bits per heavy atom. The Bertz CT molecular complexity index is 191. The third-order valence-corrected chi connectivity index (χ3v) is 3.10. The molecule has 0 bridgehead atoms. The maximum absolute atomic E-state index is 11.2. The molecule has 0 aromatic rings. The maximum Gasteiger partial charge on any atom is 0.219 e. The molecule has 2 atom stereocenters. The highest BCUT2D eigenvalue weighted by Crippen LogP contribution is 2.26. The lowest BCUT2D eigenvalue weighted by molar-refractivity contribution is -0.130. The average molecular weight is 184 g/mol. The van der Waals surface area contributed by atoms with Crippen LogP contribution in [0.15, 0.2) is 0 Å². The Morgan fingerprint density at radius 3 is 2.15 bits per heavy atom.